The van der Waals surface area contributed by atoms with Crippen LogP contribution in [0, 0.1) is 0 Å². The highest BCUT2D eigenvalue weighted by Gasteiger charge is 2.56. The van der Waals surface area contributed by atoms with Gasteiger partial charge in [-0.05, 0) is 85.7 Å². The predicted octanol–water partition coefficient (Wildman–Crippen LogP) is 6.14. The molecule has 5 rings (SSSR count). The van der Waals surface area contributed by atoms with E-state index in [0.29, 0.717) is 68.3 Å². The molecule has 0 amide bonds. The maximum absolute atomic E-state index is 14.4. The number of rotatable bonds is 14. The number of benzene rings is 3. The second kappa shape index (κ2) is 16.1. The number of carbonyl (C=O) groups is 1. The molecule has 0 spiro atoms. The minimum absolute atomic E-state index is 0.0291. The Balaban J connectivity index is 1.55. The average molecular weight is 722 g/mol. The molecule has 2 aliphatic rings. The van der Waals surface area contributed by atoms with Crippen LogP contribution in [0.2, 0.25) is 10.0 Å². The Morgan fingerprint density at radius 1 is 0.958 bits per heavy atom. The summed E-state index contributed by atoms with van der Waals surface area (Å²) in [5.41, 5.74) is -0.245. The van der Waals surface area contributed by atoms with Gasteiger partial charge >= 0.3 is 5.97 Å². The first-order valence-electron chi connectivity index (χ1n) is 16.0. The van der Waals surface area contributed by atoms with E-state index in [1.165, 1.54) is 22.5 Å². The zero-order chi connectivity index (χ0) is 34.3. The maximum Gasteiger partial charge on any atom is 0.325 e. The van der Waals surface area contributed by atoms with E-state index in [2.05, 4.69) is 4.90 Å². The molecule has 2 saturated heterocycles. The summed E-state index contributed by atoms with van der Waals surface area (Å²) in [6.45, 7) is 4.26. The van der Waals surface area contributed by atoms with E-state index in [-0.39, 0.29) is 27.9 Å². The topological polar surface area (TPSA) is 115 Å². The van der Waals surface area contributed by atoms with Crippen LogP contribution >= 0.6 is 23.2 Å². The van der Waals surface area contributed by atoms with Crippen molar-refractivity contribution in [1.29, 1.82) is 0 Å². The zero-order valence-electron chi connectivity index (χ0n) is 27.2. The Bertz CT molecular complexity index is 1660. The van der Waals surface area contributed by atoms with Crippen molar-refractivity contribution in [3.8, 4) is 17.2 Å². The second-order valence-corrected chi connectivity index (χ2v) is 14.8. The Hall–Kier alpha value is -3.06. The fourth-order valence-corrected chi connectivity index (χ4v) is 9.35. The number of ether oxygens (including phenoxy) is 4. The van der Waals surface area contributed by atoms with Crippen LogP contribution in [0.1, 0.15) is 42.7 Å². The molecular formula is C35H42Cl2N2O8S. The molecule has 0 aromatic heterocycles. The third kappa shape index (κ3) is 8.04. The van der Waals surface area contributed by atoms with Crippen LogP contribution in [0.25, 0.3) is 0 Å². The molecule has 1 N–H and O–H groups in total. The van der Waals surface area contributed by atoms with Gasteiger partial charge in [0.25, 0.3) is 0 Å². The van der Waals surface area contributed by atoms with Crippen LogP contribution in [0.4, 0.5) is 0 Å². The number of sulfonamides is 1. The van der Waals surface area contributed by atoms with Crippen LogP contribution < -0.4 is 14.2 Å². The lowest BCUT2D eigenvalue weighted by molar-refractivity contribution is -0.152. The van der Waals surface area contributed by atoms with Gasteiger partial charge in [-0.25, -0.2) is 8.42 Å². The summed E-state index contributed by atoms with van der Waals surface area (Å²) < 4.78 is 52.5. The van der Waals surface area contributed by atoms with Crippen LogP contribution in [-0.4, -0.2) is 94.5 Å². The molecular weight excluding hydrogens is 679 g/mol. The van der Waals surface area contributed by atoms with Crippen molar-refractivity contribution >= 4 is 39.2 Å². The van der Waals surface area contributed by atoms with Gasteiger partial charge in [0.2, 0.25) is 10.0 Å². The molecule has 0 radical (unpaired) electrons. The lowest BCUT2D eigenvalue weighted by Crippen LogP contribution is -2.62. The van der Waals surface area contributed by atoms with E-state index in [1.807, 2.05) is 36.4 Å². The van der Waals surface area contributed by atoms with E-state index >= 15 is 0 Å². The Morgan fingerprint density at radius 2 is 1.69 bits per heavy atom. The van der Waals surface area contributed by atoms with E-state index in [0.717, 1.165) is 25.2 Å². The molecule has 48 heavy (non-hydrogen) atoms. The summed E-state index contributed by atoms with van der Waals surface area (Å²) in [7, 11) is -1.23. The second-order valence-electron chi connectivity index (χ2n) is 12.0. The molecule has 13 heteroatoms. The SMILES string of the molecule is COc1ccc(CC[C@H](c2cccc(OCCN3CCOCC3)c2)[C@]2(C(=O)O)CCCCN2S(=O)(=O)c2cc(Cl)cc(Cl)c2)cc1OC. The number of aryl methyl sites for hydroxylation is 1. The number of halogens is 2. The molecule has 2 heterocycles. The molecule has 3 aromatic rings. The van der Waals surface area contributed by atoms with Gasteiger partial charge in [0.15, 0.2) is 11.5 Å². The van der Waals surface area contributed by atoms with Gasteiger partial charge in [-0.3, -0.25) is 9.69 Å². The molecule has 10 nitrogen and oxygen atoms in total. The number of morpholine rings is 1. The summed E-state index contributed by atoms with van der Waals surface area (Å²) in [5, 5.41) is 11.5. The van der Waals surface area contributed by atoms with Crippen LogP contribution in [0.15, 0.2) is 65.6 Å². The molecule has 2 atom stereocenters. The smallest absolute Gasteiger partial charge is 0.325 e. The first kappa shape index (κ1) is 36.2. The maximum atomic E-state index is 14.4. The Kier molecular flexibility index (Phi) is 12.2. The lowest BCUT2D eigenvalue weighted by Gasteiger charge is -2.48. The number of piperidine rings is 1. The molecule has 2 aliphatic heterocycles. The summed E-state index contributed by atoms with van der Waals surface area (Å²) in [4.78, 5) is 15.8. The summed E-state index contributed by atoms with van der Waals surface area (Å²) >= 11 is 12.5. The van der Waals surface area contributed by atoms with Crippen molar-refractivity contribution in [1.82, 2.24) is 9.21 Å². The first-order chi connectivity index (χ1) is 23.1. The monoisotopic (exact) mass is 720 g/mol. The number of methoxy groups -OCH3 is 2. The van der Waals surface area contributed by atoms with Crippen LogP contribution in [-0.2, 0) is 26.0 Å². The summed E-state index contributed by atoms with van der Waals surface area (Å²) in [5.74, 6) is -0.254. The largest absolute Gasteiger partial charge is 0.493 e. The quantitative estimate of drug-likeness (QED) is 0.210. The van der Waals surface area contributed by atoms with E-state index < -0.39 is 27.4 Å². The fourth-order valence-electron chi connectivity index (χ4n) is 6.79. The third-order valence-corrected chi connectivity index (χ3v) is 11.6. The number of hydrogen-bond acceptors (Lipinski definition) is 8. The van der Waals surface area contributed by atoms with E-state index in [1.54, 1.807) is 20.3 Å². The molecule has 0 bridgehead atoms. The standard InChI is InChI=1S/C35H42Cl2N2O8S/c1-44-32-11-9-25(20-33(32)45-2)8-10-31(26-6-5-7-29(21-26)47-19-16-38-14-17-46-18-15-38)35(34(40)41)12-3-4-13-39(35)48(42,43)30-23-27(36)22-28(37)24-30/h5-7,9,11,20-24,31H,3-4,8,10,12-19H2,1-2H3,(H,40,41)/t31-,35+/m1/s1. The highest BCUT2D eigenvalue weighted by molar-refractivity contribution is 7.89. The van der Waals surface area contributed by atoms with Crippen molar-refractivity contribution in [2.24, 2.45) is 0 Å². The molecule has 0 unspecified atom stereocenters. The zero-order valence-corrected chi connectivity index (χ0v) is 29.5. The van der Waals surface area contributed by atoms with Crippen molar-refractivity contribution in [2.45, 2.75) is 48.5 Å². The van der Waals surface area contributed by atoms with E-state index in [4.69, 9.17) is 42.1 Å². The summed E-state index contributed by atoms with van der Waals surface area (Å²) in [6.07, 6.45) is 1.93. The normalized spacial score (nSPS) is 19.8. The third-order valence-electron chi connectivity index (χ3n) is 9.20. The molecule has 260 valence electrons. The predicted molar refractivity (Wildman–Crippen MR) is 184 cm³/mol. The molecule has 0 aliphatic carbocycles. The van der Waals surface area contributed by atoms with E-state index in [9.17, 15) is 18.3 Å². The molecule has 2 fully saturated rings. The van der Waals surface area contributed by atoms with Crippen molar-refractivity contribution in [3.63, 3.8) is 0 Å². The van der Waals surface area contributed by atoms with Gasteiger partial charge in [0, 0.05) is 42.1 Å². The fraction of sp³-hybridized carbons (Fsp3) is 0.457. The lowest BCUT2D eigenvalue weighted by atomic mass is 9.71. The highest BCUT2D eigenvalue weighted by atomic mass is 35.5. The minimum atomic E-state index is -4.35. The minimum Gasteiger partial charge on any atom is -0.493 e. The van der Waals surface area contributed by atoms with Gasteiger partial charge in [-0.15, -0.1) is 0 Å². The number of aliphatic carboxylic acids is 1. The van der Waals surface area contributed by atoms with Crippen LogP contribution in [0.5, 0.6) is 17.2 Å². The Morgan fingerprint density at radius 3 is 2.38 bits per heavy atom. The number of hydrogen-bond donors (Lipinski definition) is 1. The first-order valence-corrected chi connectivity index (χ1v) is 18.2. The van der Waals surface area contributed by atoms with Crippen molar-refractivity contribution in [3.05, 3.63) is 81.8 Å². The number of carboxylic acid groups (broad SMARTS) is 1. The van der Waals surface area contributed by atoms with Gasteiger partial charge in [-0.1, -0.05) is 41.4 Å². The molecule has 3 aromatic carbocycles. The van der Waals surface area contributed by atoms with Gasteiger partial charge < -0.3 is 24.1 Å². The van der Waals surface area contributed by atoms with Crippen LogP contribution in [0.3, 0.4) is 0 Å². The number of carboxylic acids is 1. The highest BCUT2D eigenvalue weighted by Crippen LogP contribution is 2.47. The van der Waals surface area contributed by atoms with Gasteiger partial charge in [-0.2, -0.15) is 4.31 Å². The van der Waals surface area contributed by atoms with Crippen molar-refractivity contribution < 1.29 is 37.3 Å². The summed E-state index contributed by atoms with van der Waals surface area (Å²) in [6, 6.07) is 17.0. The Labute approximate surface area is 292 Å². The van der Waals surface area contributed by atoms with Gasteiger partial charge in [0.05, 0.1) is 32.3 Å². The average Bonchev–Trinajstić information content (AvgIpc) is 3.08. The van der Waals surface area contributed by atoms with Crippen molar-refractivity contribution in [2.75, 3.05) is 60.2 Å². The number of nitrogens with zero attached hydrogens (tertiary/aromatic N) is 2. The van der Waals surface area contributed by atoms with Gasteiger partial charge in [0.1, 0.15) is 17.9 Å². The molecule has 0 saturated carbocycles.